The van der Waals surface area contributed by atoms with E-state index < -0.39 is 0 Å². The minimum atomic E-state index is -0.249. The van der Waals surface area contributed by atoms with Gasteiger partial charge in [-0.05, 0) is 30.5 Å². The lowest BCUT2D eigenvalue weighted by atomic mass is 10.1. The molecule has 1 saturated heterocycles. The molecule has 0 atom stereocenters. The fourth-order valence-electron chi connectivity index (χ4n) is 2.04. The number of hydrogen-bond donors (Lipinski definition) is 2. The zero-order valence-corrected chi connectivity index (χ0v) is 10.8. The van der Waals surface area contributed by atoms with Crippen molar-refractivity contribution in [1.29, 1.82) is 0 Å². The zero-order chi connectivity index (χ0) is 13.5. The van der Waals surface area contributed by atoms with Crippen LogP contribution in [0, 0.1) is 5.82 Å². The monoisotopic (exact) mass is 266 g/mol. The van der Waals surface area contributed by atoms with E-state index in [4.69, 9.17) is 4.74 Å². The number of amides is 1. The molecule has 5 heteroatoms. The molecule has 0 saturated carbocycles. The Hall–Kier alpha value is -1.46. The smallest absolute Gasteiger partial charge is 0.234 e. The number of carbonyl (C=O) groups is 1. The molecular weight excluding hydrogens is 247 g/mol. The molecule has 1 aromatic rings. The van der Waals surface area contributed by atoms with E-state index in [-0.39, 0.29) is 24.3 Å². The van der Waals surface area contributed by atoms with Crippen LogP contribution in [0.5, 0.6) is 0 Å². The number of benzene rings is 1. The third-order valence-corrected chi connectivity index (χ3v) is 3.11. The molecule has 0 aromatic heterocycles. The maximum absolute atomic E-state index is 12.7. The zero-order valence-electron chi connectivity index (χ0n) is 10.8. The van der Waals surface area contributed by atoms with Crippen LogP contribution in [0.1, 0.15) is 18.4 Å². The molecule has 0 radical (unpaired) electrons. The average Bonchev–Trinajstić information content (AvgIpc) is 2.42. The van der Waals surface area contributed by atoms with Crippen LogP contribution in [0.15, 0.2) is 24.3 Å². The van der Waals surface area contributed by atoms with Gasteiger partial charge in [-0.3, -0.25) is 4.79 Å². The van der Waals surface area contributed by atoms with Crippen LogP contribution in [-0.4, -0.2) is 31.7 Å². The fourth-order valence-corrected chi connectivity index (χ4v) is 2.04. The molecule has 1 aromatic carbocycles. The molecule has 4 nitrogen and oxygen atoms in total. The first kappa shape index (κ1) is 14.0. The SMILES string of the molecule is O=C(CNCc1ccc(F)cc1)NC1CCOCC1. The summed E-state index contributed by atoms with van der Waals surface area (Å²) in [4.78, 5) is 11.7. The van der Waals surface area contributed by atoms with Gasteiger partial charge in [0.25, 0.3) is 0 Å². The lowest BCUT2D eigenvalue weighted by Gasteiger charge is -2.23. The highest BCUT2D eigenvalue weighted by atomic mass is 19.1. The first-order valence-corrected chi connectivity index (χ1v) is 6.56. The van der Waals surface area contributed by atoms with Crippen LogP contribution in [0.4, 0.5) is 4.39 Å². The van der Waals surface area contributed by atoms with Crippen LogP contribution in [0.25, 0.3) is 0 Å². The summed E-state index contributed by atoms with van der Waals surface area (Å²) in [7, 11) is 0. The maximum Gasteiger partial charge on any atom is 0.234 e. The van der Waals surface area contributed by atoms with E-state index in [1.165, 1.54) is 12.1 Å². The third kappa shape index (κ3) is 4.96. The Balaban J connectivity index is 1.64. The van der Waals surface area contributed by atoms with Gasteiger partial charge in [0.2, 0.25) is 5.91 Å². The van der Waals surface area contributed by atoms with E-state index in [0.717, 1.165) is 18.4 Å². The molecule has 0 bridgehead atoms. The predicted molar refractivity (Wildman–Crippen MR) is 70.1 cm³/mol. The van der Waals surface area contributed by atoms with Gasteiger partial charge in [0.15, 0.2) is 0 Å². The summed E-state index contributed by atoms with van der Waals surface area (Å²) < 4.78 is 17.9. The summed E-state index contributed by atoms with van der Waals surface area (Å²) in [5.41, 5.74) is 0.959. The largest absolute Gasteiger partial charge is 0.381 e. The van der Waals surface area contributed by atoms with Crippen molar-refractivity contribution in [2.75, 3.05) is 19.8 Å². The molecule has 1 aliphatic heterocycles. The van der Waals surface area contributed by atoms with Crippen LogP contribution >= 0.6 is 0 Å². The number of ether oxygens (including phenoxy) is 1. The normalized spacial score (nSPS) is 16.3. The van der Waals surface area contributed by atoms with Crippen LogP contribution < -0.4 is 10.6 Å². The molecule has 2 N–H and O–H groups in total. The van der Waals surface area contributed by atoms with Crippen LogP contribution in [0.2, 0.25) is 0 Å². The van der Waals surface area contributed by atoms with E-state index >= 15 is 0 Å². The van der Waals surface area contributed by atoms with Gasteiger partial charge in [0, 0.05) is 25.8 Å². The lowest BCUT2D eigenvalue weighted by molar-refractivity contribution is -0.121. The molecule has 1 fully saturated rings. The average molecular weight is 266 g/mol. The van der Waals surface area contributed by atoms with Gasteiger partial charge in [0.05, 0.1) is 6.54 Å². The van der Waals surface area contributed by atoms with Gasteiger partial charge in [-0.2, -0.15) is 0 Å². The number of hydrogen-bond acceptors (Lipinski definition) is 3. The Labute approximate surface area is 112 Å². The molecule has 1 aliphatic rings. The van der Waals surface area contributed by atoms with Crippen molar-refractivity contribution in [2.24, 2.45) is 0 Å². The second kappa shape index (κ2) is 7.21. The fraction of sp³-hybridized carbons (Fsp3) is 0.500. The Kier molecular flexibility index (Phi) is 5.30. The molecule has 1 amide bonds. The summed E-state index contributed by atoms with van der Waals surface area (Å²) in [6, 6.07) is 6.48. The van der Waals surface area contributed by atoms with Gasteiger partial charge in [-0.1, -0.05) is 12.1 Å². The summed E-state index contributed by atoms with van der Waals surface area (Å²) >= 11 is 0. The molecule has 0 unspecified atom stereocenters. The summed E-state index contributed by atoms with van der Waals surface area (Å²) in [6.07, 6.45) is 1.76. The van der Waals surface area contributed by atoms with Gasteiger partial charge in [0.1, 0.15) is 5.82 Å². The van der Waals surface area contributed by atoms with Gasteiger partial charge in [-0.15, -0.1) is 0 Å². The Morgan fingerprint density at radius 2 is 1.95 bits per heavy atom. The van der Waals surface area contributed by atoms with E-state index in [2.05, 4.69) is 10.6 Å². The Morgan fingerprint density at radius 1 is 1.26 bits per heavy atom. The van der Waals surface area contributed by atoms with Crippen molar-refractivity contribution in [2.45, 2.75) is 25.4 Å². The molecule has 1 heterocycles. The van der Waals surface area contributed by atoms with Crippen LogP contribution in [-0.2, 0) is 16.1 Å². The minimum Gasteiger partial charge on any atom is -0.381 e. The third-order valence-electron chi connectivity index (χ3n) is 3.11. The number of nitrogens with one attached hydrogen (secondary N) is 2. The van der Waals surface area contributed by atoms with Crippen LogP contribution in [0.3, 0.4) is 0 Å². The number of halogens is 1. The van der Waals surface area contributed by atoms with Crippen molar-refractivity contribution >= 4 is 5.91 Å². The standard InChI is InChI=1S/C14H19FN2O2/c15-12-3-1-11(2-4-12)9-16-10-14(18)17-13-5-7-19-8-6-13/h1-4,13,16H,5-10H2,(H,17,18). The lowest BCUT2D eigenvalue weighted by Crippen LogP contribution is -2.42. The van der Waals surface area contributed by atoms with Crippen molar-refractivity contribution < 1.29 is 13.9 Å². The highest BCUT2D eigenvalue weighted by Gasteiger charge is 2.15. The highest BCUT2D eigenvalue weighted by Crippen LogP contribution is 2.05. The van der Waals surface area contributed by atoms with E-state index in [1.807, 2.05) is 0 Å². The molecule has 2 rings (SSSR count). The minimum absolute atomic E-state index is 0.00554. The van der Waals surface area contributed by atoms with Gasteiger partial charge < -0.3 is 15.4 Å². The second-order valence-corrected chi connectivity index (χ2v) is 4.68. The summed E-state index contributed by atoms with van der Waals surface area (Å²) in [5, 5.41) is 6.02. The molecule has 0 spiro atoms. The van der Waals surface area contributed by atoms with Crippen molar-refractivity contribution in [3.63, 3.8) is 0 Å². The van der Waals surface area contributed by atoms with Crippen molar-refractivity contribution in [3.8, 4) is 0 Å². The second-order valence-electron chi connectivity index (χ2n) is 4.68. The first-order chi connectivity index (χ1) is 9.24. The van der Waals surface area contributed by atoms with Gasteiger partial charge in [-0.25, -0.2) is 4.39 Å². The molecular formula is C14H19FN2O2. The predicted octanol–water partition coefficient (Wildman–Crippen LogP) is 1.21. The first-order valence-electron chi connectivity index (χ1n) is 6.56. The number of carbonyl (C=O) groups excluding carboxylic acids is 1. The Morgan fingerprint density at radius 3 is 2.63 bits per heavy atom. The van der Waals surface area contributed by atoms with E-state index in [9.17, 15) is 9.18 Å². The van der Waals surface area contributed by atoms with Crippen molar-refractivity contribution in [1.82, 2.24) is 10.6 Å². The topological polar surface area (TPSA) is 50.4 Å². The highest BCUT2D eigenvalue weighted by molar-refractivity contribution is 5.78. The molecule has 19 heavy (non-hydrogen) atoms. The quantitative estimate of drug-likeness (QED) is 0.842. The molecule has 0 aliphatic carbocycles. The van der Waals surface area contributed by atoms with Gasteiger partial charge >= 0.3 is 0 Å². The Bertz CT molecular complexity index is 402. The van der Waals surface area contributed by atoms with Crippen molar-refractivity contribution in [3.05, 3.63) is 35.6 Å². The maximum atomic E-state index is 12.7. The molecule has 104 valence electrons. The van der Waals surface area contributed by atoms with E-state index in [1.54, 1.807) is 12.1 Å². The summed E-state index contributed by atoms with van der Waals surface area (Å²) in [5.74, 6) is -0.255. The van der Waals surface area contributed by atoms with E-state index in [0.29, 0.717) is 19.8 Å². The summed E-state index contributed by atoms with van der Waals surface area (Å²) in [6.45, 7) is 2.26. The number of rotatable bonds is 5.